The minimum atomic E-state index is -0.441. The molecule has 2 unspecified atom stereocenters. The number of benzene rings is 9. The number of aryl methyl sites for hydroxylation is 1. The molecule has 12 aromatic rings. The van der Waals surface area contributed by atoms with Gasteiger partial charge in [0.05, 0.1) is 11.1 Å². The van der Waals surface area contributed by atoms with Crippen molar-refractivity contribution in [1.29, 1.82) is 0 Å². The molecule has 2 aliphatic carbocycles. The molecule has 14 rings (SSSR count). The summed E-state index contributed by atoms with van der Waals surface area (Å²) in [6.07, 6.45) is 16.1. The lowest BCUT2D eigenvalue weighted by Crippen LogP contribution is -2.26. The number of pyridine rings is 3. The first-order valence-corrected chi connectivity index (χ1v) is 27.9. The fraction of sp³-hybridized carbons (Fsp3) is 0.104. The van der Waals surface area contributed by atoms with E-state index in [0.717, 1.165) is 29.7 Å². The fourth-order valence-electron chi connectivity index (χ4n) is 12.5. The lowest BCUT2D eigenvalue weighted by atomic mass is 9.71. The van der Waals surface area contributed by atoms with Gasteiger partial charge in [0.1, 0.15) is 0 Å². The van der Waals surface area contributed by atoms with Crippen molar-refractivity contribution in [2.75, 3.05) is 0 Å². The Morgan fingerprint density at radius 3 is 1.54 bits per heavy atom. The number of hydrogen-bond donors (Lipinski definition) is 0. The third kappa shape index (κ3) is 9.05. The SMILES string of the molecule is C=CC/C=C(\C)C(C)(CC)c1cccnc1.Cc1ccccc1.c1ccc(-c2ccc(-c3c4ccccc4c(-c4ccc(-c5ccc6c(c5)C5(c7ccccc7-c7ccncc75)c5ccccc5-6)nc4)c4ccccc34)cc2)cc1. The molecule has 0 aliphatic heterocycles. The van der Waals surface area contributed by atoms with E-state index in [4.69, 9.17) is 9.97 Å². The molecule has 386 valence electrons. The molecule has 3 heteroatoms. The van der Waals surface area contributed by atoms with Crippen LogP contribution in [0.5, 0.6) is 0 Å². The van der Waals surface area contributed by atoms with Crippen molar-refractivity contribution in [1.82, 2.24) is 15.0 Å². The normalized spacial score (nSPS) is 14.4. The molecule has 80 heavy (non-hydrogen) atoms. The molecule has 2 aliphatic rings. The van der Waals surface area contributed by atoms with E-state index in [2.05, 4.69) is 264 Å². The molecule has 0 saturated carbocycles. The number of nitrogens with zero attached hydrogens (tertiary/aromatic N) is 3. The number of fused-ring (bicyclic) bond motifs is 12. The van der Waals surface area contributed by atoms with Crippen molar-refractivity contribution in [3.8, 4) is 66.9 Å². The summed E-state index contributed by atoms with van der Waals surface area (Å²) in [6, 6.07) is 83.0. The molecule has 0 fully saturated rings. The lowest BCUT2D eigenvalue weighted by Gasteiger charge is -2.30. The van der Waals surface area contributed by atoms with Crippen LogP contribution in [0.25, 0.3) is 88.4 Å². The summed E-state index contributed by atoms with van der Waals surface area (Å²) >= 11 is 0. The predicted octanol–water partition coefficient (Wildman–Crippen LogP) is 20.1. The van der Waals surface area contributed by atoms with Gasteiger partial charge in [0.15, 0.2) is 0 Å². The summed E-state index contributed by atoms with van der Waals surface area (Å²) in [7, 11) is 0. The molecule has 2 atom stereocenters. The third-order valence-corrected chi connectivity index (χ3v) is 16.9. The van der Waals surface area contributed by atoms with Crippen molar-refractivity contribution in [2.45, 2.75) is 51.4 Å². The topological polar surface area (TPSA) is 38.7 Å². The Balaban J connectivity index is 0.000000231. The monoisotopic (exact) mass is 1030 g/mol. The molecule has 0 saturated heterocycles. The van der Waals surface area contributed by atoms with Gasteiger partial charge < -0.3 is 0 Å². The van der Waals surface area contributed by atoms with Crippen LogP contribution in [0.2, 0.25) is 0 Å². The van der Waals surface area contributed by atoms with E-state index in [9.17, 15) is 0 Å². The smallest absolute Gasteiger partial charge is 0.0740 e. The first-order chi connectivity index (χ1) is 39.3. The van der Waals surface area contributed by atoms with Gasteiger partial charge in [0, 0.05) is 47.5 Å². The van der Waals surface area contributed by atoms with E-state index in [1.165, 1.54) is 111 Å². The van der Waals surface area contributed by atoms with E-state index in [0.29, 0.717) is 0 Å². The van der Waals surface area contributed by atoms with Crippen molar-refractivity contribution in [3.05, 3.63) is 319 Å². The number of aromatic nitrogens is 3. The Bertz CT molecular complexity index is 4100. The molecular weight excluding hydrogens is 967 g/mol. The number of hydrogen-bond acceptors (Lipinski definition) is 3. The van der Waals surface area contributed by atoms with E-state index < -0.39 is 5.41 Å². The molecule has 1 spiro atoms. The molecule has 3 aromatic heterocycles. The highest BCUT2D eigenvalue weighted by Crippen LogP contribution is 2.63. The number of allylic oxidation sites excluding steroid dienone is 3. The Morgan fingerprint density at radius 2 is 0.975 bits per heavy atom. The van der Waals surface area contributed by atoms with E-state index >= 15 is 0 Å². The van der Waals surface area contributed by atoms with Crippen LogP contribution in [0.15, 0.2) is 286 Å². The zero-order valence-electron chi connectivity index (χ0n) is 45.9. The van der Waals surface area contributed by atoms with Crippen LogP contribution < -0.4 is 0 Å². The zero-order chi connectivity index (χ0) is 54.6. The molecule has 0 bridgehead atoms. The van der Waals surface area contributed by atoms with Crippen molar-refractivity contribution in [2.24, 2.45) is 0 Å². The third-order valence-electron chi connectivity index (χ3n) is 16.9. The Kier molecular flexibility index (Phi) is 14.1. The maximum Gasteiger partial charge on any atom is 0.0740 e. The average molecular weight is 1030 g/mol. The Hall–Kier alpha value is -9.57. The van der Waals surface area contributed by atoms with Crippen LogP contribution in [0.3, 0.4) is 0 Å². The van der Waals surface area contributed by atoms with Gasteiger partial charge >= 0.3 is 0 Å². The van der Waals surface area contributed by atoms with Gasteiger partial charge in [-0.3, -0.25) is 15.0 Å². The molecule has 0 amide bonds. The van der Waals surface area contributed by atoms with Crippen LogP contribution in [0.4, 0.5) is 0 Å². The maximum absolute atomic E-state index is 5.22. The van der Waals surface area contributed by atoms with E-state index in [1.807, 2.05) is 48.9 Å². The first kappa shape index (κ1) is 51.2. The summed E-state index contributed by atoms with van der Waals surface area (Å²) in [4.78, 5) is 14.1. The first-order valence-electron chi connectivity index (χ1n) is 27.9. The van der Waals surface area contributed by atoms with Crippen molar-refractivity contribution in [3.63, 3.8) is 0 Å². The van der Waals surface area contributed by atoms with Gasteiger partial charge in [-0.1, -0.05) is 243 Å². The highest BCUT2D eigenvalue weighted by Gasteiger charge is 2.51. The summed E-state index contributed by atoms with van der Waals surface area (Å²) in [6.45, 7) is 12.5. The minimum absolute atomic E-state index is 0.0945. The van der Waals surface area contributed by atoms with Gasteiger partial charge in [-0.25, -0.2) is 0 Å². The van der Waals surface area contributed by atoms with Gasteiger partial charge in [0.2, 0.25) is 0 Å². The second kappa shape index (κ2) is 22.0. The highest BCUT2D eigenvalue weighted by atomic mass is 14.7. The van der Waals surface area contributed by atoms with Crippen LogP contribution in [0.1, 0.15) is 67.0 Å². The van der Waals surface area contributed by atoms with Crippen LogP contribution in [0, 0.1) is 6.92 Å². The van der Waals surface area contributed by atoms with Gasteiger partial charge in [-0.2, -0.15) is 0 Å². The average Bonchev–Trinajstić information content (AvgIpc) is 2.34. The summed E-state index contributed by atoms with van der Waals surface area (Å²) in [5, 5.41) is 4.91. The van der Waals surface area contributed by atoms with Crippen LogP contribution >= 0.6 is 0 Å². The van der Waals surface area contributed by atoms with Crippen LogP contribution in [-0.4, -0.2) is 15.0 Å². The fourth-order valence-corrected chi connectivity index (χ4v) is 12.5. The summed E-state index contributed by atoms with van der Waals surface area (Å²) < 4.78 is 0. The second-order valence-corrected chi connectivity index (χ2v) is 21.2. The lowest BCUT2D eigenvalue weighted by molar-refractivity contribution is 0.533. The standard InChI is InChI=1S/C55H34N2.C15H21N.C7H8/c1-2-12-35(13-3-1)36-22-24-37(25-23-36)53-44-16-4-6-18-46(44)54(47-19-7-5-17-45(47)53)39-27-29-52(57-33-39)38-26-28-42-40-14-8-10-20-48(40)55(50(42)32-38)49-21-11-9-15-41(49)43-30-31-56-34-51(43)55;1-5-7-9-13(3)15(4,6-2)14-10-8-11-16-12-14;1-7-5-3-2-4-6-7/h1-34H;5,8-12H,1,6-7H2,2-4H3;2-6H,1H3/b;13-9+;. The molecule has 3 heterocycles. The highest BCUT2D eigenvalue weighted by molar-refractivity contribution is 6.21. The predicted molar refractivity (Wildman–Crippen MR) is 337 cm³/mol. The molecular formula is C77H63N3. The second-order valence-electron chi connectivity index (χ2n) is 21.2. The van der Waals surface area contributed by atoms with Crippen molar-refractivity contribution < 1.29 is 0 Å². The van der Waals surface area contributed by atoms with E-state index in [1.54, 1.807) is 0 Å². The Labute approximate surface area is 471 Å². The van der Waals surface area contributed by atoms with E-state index in [-0.39, 0.29) is 5.41 Å². The largest absolute Gasteiger partial charge is 0.264 e. The molecule has 3 nitrogen and oxygen atoms in total. The summed E-state index contributed by atoms with van der Waals surface area (Å²) in [5.41, 5.74) is 23.2. The maximum atomic E-state index is 5.22. The molecule has 9 aromatic carbocycles. The Morgan fingerprint density at radius 1 is 0.463 bits per heavy atom. The zero-order valence-corrected chi connectivity index (χ0v) is 45.9. The minimum Gasteiger partial charge on any atom is -0.264 e. The number of rotatable bonds is 9. The van der Waals surface area contributed by atoms with Gasteiger partial charge in [-0.05, 0) is 150 Å². The van der Waals surface area contributed by atoms with Gasteiger partial charge in [-0.15, -0.1) is 6.58 Å². The summed E-state index contributed by atoms with van der Waals surface area (Å²) in [5.74, 6) is 0. The van der Waals surface area contributed by atoms with Gasteiger partial charge in [0.25, 0.3) is 0 Å². The quantitative estimate of drug-likeness (QED) is 0.107. The van der Waals surface area contributed by atoms with Crippen LogP contribution in [-0.2, 0) is 10.8 Å². The molecule has 0 radical (unpaired) electrons. The molecule has 0 N–H and O–H groups in total. The van der Waals surface area contributed by atoms with Crippen molar-refractivity contribution >= 4 is 21.5 Å².